The Balaban J connectivity index is 3.11. The summed E-state index contributed by atoms with van der Waals surface area (Å²) in [6.07, 6.45) is -4.35. The van der Waals surface area contributed by atoms with Gasteiger partial charge in [-0.25, -0.2) is 0 Å². The first kappa shape index (κ1) is 20.2. The molecule has 1 aliphatic heterocycles. The number of carbonyl (C=O) groups is 4. The van der Waals surface area contributed by atoms with Gasteiger partial charge in [0.1, 0.15) is 18.1 Å². The van der Waals surface area contributed by atoms with Crippen molar-refractivity contribution in [3.8, 4) is 0 Å². The molecule has 0 radical (unpaired) electrons. The van der Waals surface area contributed by atoms with Gasteiger partial charge >= 0.3 is 23.9 Å². The lowest BCUT2D eigenvalue weighted by Gasteiger charge is -2.42. The summed E-state index contributed by atoms with van der Waals surface area (Å²) in [7, 11) is 0. The summed E-state index contributed by atoms with van der Waals surface area (Å²) < 4.78 is 25.8. The van der Waals surface area contributed by atoms with Crippen molar-refractivity contribution >= 4 is 36.5 Å². The average molecular weight is 364 g/mol. The Bertz CT molecular complexity index is 506. The molecule has 5 atom stereocenters. The fraction of sp³-hybridized carbons (Fsp3) is 0.714. The Morgan fingerprint density at radius 1 is 0.792 bits per heavy atom. The highest BCUT2D eigenvalue weighted by atomic mass is 32.1. The van der Waals surface area contributed by atoms with Crippen LogP contribution in [0.3, 0.4) is 0 Å². The lowest BCUT2D eigenvalue weighted by molar-refractivity contribution is -0.237. The van der Waals surface area contributed by atoms with E-state index in [9.17, 15) is 19.2 Å². The Morgan fingerprint density at radius 2 is 1.25 bits per heavy atom. The number of rotatable bonds is 5. The quantitative estimate of drug-likeness (QED) is 0.409. The molecule has 1 aliphatic rings. The van der Waals surface area contributed by atoms with Crippen LogP contribution in [0.1, 0.15) is 27.7 Å². The molecule has 0 aromatic carbocycles. The third-order valence-corrected chi connectivity index (χ3v) is 3.38. The van der Waals surface area contributed by atoms with Gasteiger partial charge in [-0.3, -0.25) is 19.2 Å². The molecule has 1 fully saturated rings. The second-order valence-corrected chi connectivity index (χ2v) is 5.60. The molecule has 0 saturated carbocycles. The molecule has 3 unspecified atom stereocenters. The third-order valence-electron chi connectivity index (χ3n) is 2.97. The van der Waals surface area contributed by atoms with Gasteiger partial charge in [0.15, 0.2) is 18.3 Å². The van der Waals surface area contributed by atoms with E-state index in [2.05, 4.69) is 12.6 Å². The summed E-state index contributed by atoms with van der Waals surface area (Å²) in [6.45, 7) is 4.42. The molecule has 1 rings (SSSR count). The zero-order valence-corrected chi connectivity index (χ0v) is 14.6. The van der Waals surface area contributed by atoms with E-state index >= 15 is 0 Å². The van der Waals surface area contributed by atoms with E-state index < -0.39 is 53.7 Å². The van der Waals surface area contributed by atoms with Gasteiger partial charge in [-0.05, 0) is 0 Å². The van der Waals surface area contributed by atoms with Crippen LogP contribution in [0.5, 0.6) is 0 Å². The molecule has 24 heavy (non-hydrogen) atoms. The smallest absolute Gasteiger partial charge is 0.303 e. The lowest BCUT2D eigenvalue weighted by atomic mass is 9.99. The summed E-state index contributed by atoms with van der Waals surface area (Å²) in [6, 6.07) is 0. The minimum atomic E-state index is -1.16. The van der Waals surface area contributed by atoms with E-state index in [-0.39, 0.29) is 6.61 Å². The highest BCUT2D eigenvalue weighted by Gasteiger charge is 2.51. The van der Waals surface area contributed by atoms with Crippen molar-refractivity contribution in [2.45, 2.75) is 57.5 Å². The summed E-state index contributed by atoms with van der Waals surface area (Å²) in [5.41, 5.74) is -0.981. The molecule has 0 aromatic rings. The van der Waals surface area contributed by atoms with Crippen molar-refractivity contribution in [3.63, 3.8) is 0 Å². The second kappa shape index (κ2) is 8.88. The van der Waals surface area contributed by atoms with E-state index in [0.29, 0.717) is 0 Å². The van der Waals surface area contributed by atoms with Crippen LogP contribution >= 0.6 is 12.6 Å². The van der Waals surface area contributed by atoms with E-state index in [1.54, 1.807) is 0 Å². The molecule has 1 saturated heterocycles. The van der Waals surface area contributed by atoms with Gasteiger partial charge in [0.2, 0.25) is 0 Å². The fourth-order valence-electron chi connectivity index (χ4n) is 2.21. The molecular formula is C14H20O9S. The van der Waals surface area contributed by atoms with Crippen LogP contribution in [0.4, 0.5) is 0 Å². The van der Waals surface area contributed by atoms with Gasteiger partial charge in [-0.1, -0.05) is 0 Å². The van der Waals surface area contributed by atoms with Crippen molar-refractivity contribution < 1.29 is 42.9 Å². The minimum absolute atomic E-state index is 0.255. The van der Waals surface area contributed by atoms with E-state index in [0.717, 1.165) is 20.8 Å². The Hall–Kier alpha value is -1.81. The number of hydrogen-bond donors (Lipinski definition) is 1. The molecule has 0 aromatic heterocycles. The lowest BCUT2D eigenvalue weighted by Crippen LogP contribution is -2.61. The molecule has 1 heterocycles. The summed E-state index contributed by atoms with van der Waals surface area (Å²) >= 11 is 4.18. The zero-order chi connectivity index (χ0) is 18.4. The molecule has 0 N–H and O–H groups in total. The molecule has 0 amide bonds. The molecule has 136 valence electrons. The normalized spacial score (nSPS) is 29.3. The average Bonchev–Trinajstić information content (AvgIpc) is 2.42. The monoisotopic (exact) mass is 364 g/mol. The van der Waals surface area contributed by atoms with Crippen molar-refractivity contribution in [1.29, 1.82) is 0 Å². The fourth-order valence-corrected chi connectivity index (χ4v) is 2.59. The van der Waals surface area contributed by atoms with Crippen LogP contribution in [-0.4, -0.2) is 60.3 Å². The Kier molecular flexibility index (Phi) is 7.49. The largest absolute Gasteiger partial charge is 0.463 e. The van der Waals surface area contributed by atoms with Crippen molar-refractivity contribution in [3.05, 3.63) is 0 Å². The first-order valence-electron chi connectivity index (χ1n) is 7.10. The van der Waals surface area contributed by atoms with Crippen LogP contribution in [0, 0.1) is 0 Å². The first-order chi connectivity index (χ1) is 11.1. The standard InChI is InChI=1S/C14H20O9S/c1-6(15)19-5-10-11(20-7(2)16)12(21-8(3)17)13(14(24)23-10)22-9(4)18/h10-14,24H,5H2,1-4H3/t10?,11-,12?,13?,14-/m0/s1. The topological polar surface area (TPSA) is 114 Å². The second-order valence-electron chi connectivity index (χ2n) is 5.09. The molecule has 9 nitrogen and oxygen atoms in total. The number of thiol groups is 1. The van der Waals surface area contributed by atoms with Crippen LogP contribution in [0.25, 0.3) is 0 Å². The van der Waals surface area contributed by atoms with E-state index in [1.165, 1.54) is 6.92 Å². The first-order valence-corrected chi connectivity index (χ1v) is 7.62. The van der Waals surface area contributed by atoms with Gasteiger partial charge in [-0.2, -0.15) is 0 Å². The van der Waals surface area contributed by atoms with Crippen LogP contribution in [0.15, 0.2) is 0 Å². The van der Waals surface area contributed by atoms with Crippen LogP contribution in [-0.2, 0) is 42.9 Å². The highest BCUT2D eigenvalue weighted by molar-refractivity contribution is 7.80. The minimum Gasteiger partial charge on any atom is -0.463 e. The van der Waals surface area contributed by atoms with Gasteiger partial charge in [0, 0.05) is 27.7 Å². The maximum Gasteiger partial charge on any atom is 0.303 e. The van der Waals surface area contributed by atoms with Gasteiger partial charge in [0.05, 0.1) is 0 Å². The molecule has 0 bridgehead atoms. The number of esters is 4. The molecule has 0 spiro atoms. The van der Waals surface area contributed by atoms with Gasteiger partial charge < -0.3 is 23.7 Å². The van der Waals surface area contributed by atoms with Gasteiger partial charge in [0.25, 0.3) is 0 Å². The van der Waals surface area contributed by atoms with Gasteiger partial charge in [-0.15, -0.1) is 12.6 Å². The van der Waals surface area contributed by atoms with Crippen LogP contribution in [0.2, 0.25) is 0 Å². The summed E-state index contributed by atoms with van der Waals surface area (Å²) in [5, 5.41) is 0. The maximum atomic E-state index is 11.4. The predicted octanol–water partition coefficient (Wildman–Crippen LogP) is -0.000700. The zero-order valence-electron chi connectivity index (χ0n) is 13.7. The van der Waals surface area contributed by atoms with Crippen LogP contribution < -0.4 is 0 Å². The molecular weight excluding hydrogens is 344 g/mol. The number of hydrogen-bond acceptors (Lipinski definition) is 10. The SMILES string of the molecule is CC(=O)OCC1O[C@@H](S)C(OC(C)=O)C(OC(C)=O)[C@H]1OC(C)=O. The maximum absolute atomic E-state index is 11.4. The van der Waals surface area contributed by atoms with Crippen molar-refractivity contribution in [2.75, 3.05) is 6.61 Å². The summed E-state index contributed by atoms with van der Waals surface area (Å²) in [5.74, 6) is -2.57. The predicted molar refractivity (Wildman–Crippen MR) is 80.9 cm³/mol. The number of carbonyl (C=O) groups excluding carboxylic acids is 4. The van der Waals surface area contributed by atoms with E-state index in [1.807, 2.05) is 0 Å². The van der Waals surface area contributed by atoms with E-state index in [4.69, 9.17) is 23.7 Å². The molecule has 10 heteroatoms. The Labute approximate surface area is 144 Å². The molecule has 0 aliphatic carbocycles. The van der Waals surface area contributed by atoms with Crippen molar-refractivity contribution in [2.24, 2.45) is 0 Å². The van der Waals surface area contributed by atoms with Crippen molar-refractivity contribution in [1.82, 2.24) is 0 Å². The Morgan fingerprint density at radius 3 is 1.71 bits per heavy atom. The summed E-state index contributed by atoms with van der Waals surface area (Å²) in [4.78, 5) is 45.1. The highest BCUT2D eigenvalue weighted by Crippen LogP contribution is 2.30. The number of ether oxygens (including phenoxy) is 5. The third kappa shape index (κ3) is 6.00.